The van der Waals surface area contributed by atoms with Crippen LogP contribution in [0.4, 0.5) is 10.1 Å². The van der Waals surface area contributed by atoms with E-state index in [2.05, 4.69) is 15.5 Å². The molecule has 0 saturated heterocycles. The first-order chi connectivity index (χ1) is 11.2. The Bertz CT molecular complexity index is 802. The van der Waals surface area contributed by atoms with Gasteiger partial charge in [0.2, 0.25) is 5.89 Å². The summed E-state index contributed by atoms with van der Waals surface area (Å²) in [5, 5.41) is 9.95. The summed E-state index contributed by atoms with van der Waals surface area (Å²) < 4.78 is 18.8. The number of nitrogens with one attached hydrogen (secondary N) is 1. The van der Waals surface area contributed by atoms with Gasteiger partial charge in [0.25, 0.3) is 0 Å². The fourth-order valence-electron chi connectivity index (χ4n) is 2.08. The van der Waals surface area contributed by atoms with E-state index in [9.17, 15) is 9.18 Å². The maximum absolute atomic E-state index is 13.5. The van der Waals surface area contributed by atoms with Crippen LogP contribution in [0.2, 0.25) is 0 Å². The molecule has 0 aliphatic rings. The molecule has 116 valence electrons. The summed E-state index contributed by atoms with van der Waals surface area (Å²) in [6.07, 6.45) is 1.27. The van der Waals surface area contributed by atoms with Crippen molar-refractivity contribution in [2.75, 3.05) is 5.32 Å². The Morgan fingerprint density at radius 2 is 1.74 bits per heavy atom. The standard InChI is InChI=1S/C17H14FN3O2/c18-13-8-4-5-9-14(13)19-16(22)17-21-20-15(23-17)11-10-12-6-2-1-3-7-12/h1-9H,10-11H2,(H,19,22). The van der Waals surface area contributed by atoms with E-state index in [4.69, 9.17) is 4.42 Å². The van der Waals surface area contributed by atoms with Crippen molar-refractivity contribution in [3.05, 3.63) is 77.8 Å². The van der Waals surface area contributed by atoms with Crippen molar-refractivity contribution >= 4 is 11.6 Å². The van der Waals surface area contributed by atoms with Gasteiger partial charge in [0.15, 0.2) is 0 Å². The molecule has 5 nitrogen and oxygen atoms in total. The molecular formula is C17H14FN3O2. The molecule has 0 spiro atoms. The SMILES string of the molecule is O=C(Nc1ccccc1F)c1nnc(CCc2ccccc2)o1. The van der Waals surface area contributed by atoms with Crippen molar-refractivity contribution in [2.45, 2.75) is 12.8 Å². The van der Waals surface area contributed by atoms with Crippen molar-refractivity contribution in [2.24, 2.45) is 0 Å². The molecule has 0 bridgehead atoms. The Kier molecular flexibility index (Phi) is 4.42. The number of benzene rings is 2. The monoisotopic (exact) mass is 311 g/mol. The Hall–Kier alpha value is -3.02. The smallest absolute Gasteiger partial charge is 0.313 e. The van der Waals surface area contributed by atoms with Crippen LogP contribution >= 0.6 is 0 Å². The zero-order valence-electron chi connectivity index (χ0n) is 12.2. The fraction of sp³-hybridized carbons (Fsp3) is 0.118. The third-order valence-corrected chi connectivity index (χ3v) is 3.25. The molecule has 0 radical (unpaired) electrons. The number of aromatic nitrogens is 2. The summed E-state index contributed by atoms with van der Waals surface area (Å²) in [6.45, 7) is 0. The maximum atomic E-state index is 13.5. The highest BCUT2D eigenvalue weighted by Crippen LogP contribution is 2.14. The van der Waals surface area contributed by atoms with Gasteiger partial charge in [-0.15, -0.1) is 10.2 Å². The quantitative estimate of drug-likeness (QED) is 0.785. The predicted molar refractivity (Wildman–Crippen MR) is 82.5 cm³/mol. The van der Waals surface area contributed by atoms with E-state index in [1.165, 1.54) is 12.1 Å². The van der Waals surface area contributed by atoms with Crippen molar-refractivity contribution in [3.8, 4) is 0 Å². The molecule has 1 amide bonds. The van der Waals surface area contributed by atoms with Gasteiger partial charge in [-0.2, -0.15) is 0 Å². The Labute approximate surface area is 132 Å². The first kappa shape index (κ1) is 14.9. The van der Waals surface area contributed by atoms with Gasteiger partial charge in [-0.05, 0) is 24.1 Å². The van der Waals surface area contributed by atoms with E-state index in [0.29, 0.717) is 12.3 Å². The first-order valence-electron chi connectivity index (χ1n) is 7.14. The largest absolute Gasteiger partial charge is 0.417 e. The van der Waals surface area contributed by atoms with Gasteiger partial charge in [0.1, 0.15) is 5.82 Å². The van der Waals surface area contributed by atoms with E-state index in [0.717, 1.165) is 12.0 Å². The normalized spacial score (nSPS) is 10.5. The number of aryl methyl sites for hydroxylation is 2. The van der Waals surface area contributed by atoms with Crippen LogP contribution in [0.3, 0.4) is 0 Å². The van der Waals surface area contributed by atoms with Crippen molar-refractivity contribution < 1.29 is 13.6 Å². The summed E-state index contributed by atoms with van der Waals surface area (Å²) in [6, 6.07) is 15.7. The lowest BCUT2D eigenvalue weighted by molar-refractivity contribution is 0.0988. The van der Waals surface area contributed by atoms with Gasteiger partial charge in [-0.3, -0.25) is 4.79 Å². The number of hydrogen-bond acceptors (Lipinski definition) is 4. The van der Waals surface area contributed by atoms with Gasteiger partial charge in [0.05, 0.1) is 5.69 Å². The summed E-state index contributed by atoms with van der Waals surface area (Å²) in [5.74, 6) is -0.970. The van der Waals surface area contributed by atoms with E-state index >= 15 is 0 Å². The molecular weight excluding hydrogens is 297 g/mol. The number of anilines is 1. The molecule has 1 N–H and O–H groups in total. The fourth-order valence-corrected chi connectivity index (χ4v) is 2.08. The number of carbonyl (C=O) groups is 1. The van der Waals surface area contributed by atoms with Crippen LogP contribution in [0.25, 0.3) is 0 Å². The third-order valence-electron chi connectivity index (χ3n) is 3.25. The molecule has 0 unspecified atom stereocenters. The van der Waals surface area contributed by atoms with Crippen LogP contribution in [-0.2, 0) is 12.8 Å². The molecule has 0 atom stereocenters. The number of carbonyl (C=O) groups excluding carboxylic acids is 1. The van der Waals surface area contributed by atoms with Gasteiger partial charge >= 0.3 is 11.8 Å². The molecule has 23 heavy (non-hydrogen) atoms. The summed E-state index contributed by atoms with van der Waals surface area (Å²) in [4.78, 5) is 12.0. The number of halogens is 1. The first-order valence-corrected chi connectivity index (χ1v) is 7.14. The molecule has 0 fully saturated rings. The lowest BCUT2D eigenvalue weighted by Gasteiger charge is -2.02. The number of para-hydroxylation sites is 1. The molecule has 1 aromatic heterocycles. The van der Waals surface area contributed by atoms with E-state index in [1.807, 2.05) is 30.3 Å². The second-order valence-electron chi connectivity index (χ2n) is 4.92. The summed E-state index contributed by atoms with van der Waals surface area (Å²) in [5.41, 5.74) is 1.21. The molecule has 3 rings (SSSR count). The van der Waals surface area contributed by atoms with E-state index in [-0.39, 0.29) is 11.6 Å². The topological polar surface area (TPSA) is 68.0 Å². The van der Waals surface area contributed by atoms with Gasteiger partial charge in [0, 0.05) is 6.42 Å². The second-order valence-corrected chi connectivity index (χ2v) is 4.92. The van der Waals surface area contributed by atoms with Crippen molar-refractivity contribution in [1.82, 2.24) is 10.2 Å². The zero-order chi connectivity index (χ0) is 16.1. The zero-order valence-corrected chi connectivity index (χ0v) is 12.2. The molecule has 3 aromatic rings. The van der Waals surface area contributed by atoms with Crippen molar-refractivity contribution in [1.29, 1.82) is 0 Å². The molecule has 0 aliphatic heterocycles. The Morgan fingerprint density at radius 3 is 2.52 bits per heavy atom. The van der Waals surface area contributed by atoms with E-state index in [1.54, 1.807) is 12.1 Å². The average molecular weight is 311 g/mol. The van der Waals surface area contributed by atoms with Crippen molar-refractivity contribution in [3.63, 3.8) is 0 Å². The Morgan fingerprint density at radius 1 is 1.00 bits per heavy atom. The van der Waals surface area contributed by atoms with Crippen LogP contribution in [0, 0.1) is 5.82 Å². The third kappa shape index (κ3) is 3.79. The van der Waals surface area contributed by atoms with Crippen LogP contribution in [-0.4, -0.2) is 16.1 Å². The number of rotatable bonds is 5. The predicted octanol–water partition coefficient (Wildman–Crippen LogP) is 3.25. The summed E-state index contributed by atoms with van der Waals surface area (Å²) in [7, 11) is 0. The Balaban J connectivity index is 1.62. The van der Waals surface area contributed by atoms with Gasteiger partial charge in [-0.1, -0.05) is 42.5 Å². The average Bonchev–Trinajstić information content (AvgIpc) is 3.05. The minimum absolute atomic E-state index is 0.0709. The number of hydrogen-bond donors (Lipinski definition) is 1. The molecule has 0 aliphatic carbocycles. The molecule has 6 heteroatoms. The highest BCUT2D eigenvalue weighted by Gasteiger charge is 2.16. The lowest BCUT2D eigenvalue weighted by Crippen LogP contribution is -2.13. The highest BCUT2D eigenvalue weighted by molar-refractivity contribution is 6.00. The number of amides is 1. The number of nitrogens with zero attached hydrogens (tertiary/aromatic N) is 2. The minimum atomic E-state index is -0.631. The van der Waals surface area contributed by atoms with Crippen LogP contribution in [0.5, 0.6) is 0 Å². The van der Waals surface area contributed by atoms with Gasteiger partial charge < -0.3 is 9.73 Å². The maximum Gasteiger partial charge on any atom is 0.313 e. The van der Waals surface area contributed by atoms with Crippen LogP contribution in [0.1, 0.15) is 22.1 Å². The molecule has 2 aromatic carbocycles. The van der Waals surface area contributed by atoms with E-state index < -0.39 is 11.7 Å². The lowest BCUT2D eigenvalue weighted by atomic mass is 10.1. The van der Waals surface area contributed by atoms with Gasteiger partial charge in [-0.25, -0.2) is 4.39 Å². The van der Waals surface area contributed by atoms with Crippen LogP contribution < -0.4 is 5.32 Å². The highest BCUT2D eigenvalue weighted by atomic mass is 19.1. The molecule has 1 heterocycles. The minimum Gasteiger partial charge on any atom is -0.417 e. The summed E-state index contributed by atoms with van der Waals surface area (Å²) >= 11 is 0. The second kappa shape index (κ2) is 6.83. The molecule has 0 saturated carbocycles. The van der Waals surface area contributed by atoms with Crippen LogP contribution in [0.15, 0.2) is 59.0 Å².